The molecule has 2 fully saturated rings. The maximum Gasteiger partial charge on any atom is 0.307 e. The molecule has 4 N–H and O–H groups in total. The number of carboxylic acid groups (broad SMARTS) is 4. The molecule has 0 aromatic carbocycles. The smallest absolute Gasteiger partial charge is 0.307 e. The molecule has 0 saturated heterocycles. The Morgan fingerprint density at radius 1 is 0.909 bits per heavy atom. The Hall–Kier alpha value is -2.38. The summed E-state index contributed by atoms with van der Waals surface area (Å²) in [6.45, 7) is 3.48. The van der Waals surface area contributed by atoms with Crippen molar-refractivity contribution in [3.63, 3.8) is 0 Å². The average molecular weight is 312 g/mol. The van der Waals surface area contributed by atoms with Gasteiger partial charge in [-0.1, -0.05) is 6.08 Å². The van der Waals surface area contributed by atoms with Crippen LogP contribution in [0.15, 0.2) is 12.7 Å². The van der Waals surface area contributed by atoms with E-state index in [2.05, 4.69) is 6.58 Å². The highest BCUT2D eigenvalue weighted by atomic mass is 16.4. The minimum atomic E-state index is -1.44. The van der Waals surface area contributed by atoms with Crippen molar-refractivity contribution in [2.75, 3.05) is 0 Å². The van der Waals surface area contributed by atoms with Crippen molar-refractivity contribution in [2.24, 2.45) is 35.0 Å². The van der Waals surface area contributed by atoms with Crippen LogP contribution in [-0.4, -0.2) is 44.3 Å². The highest BCUT2D eigenvalue weighted by molar-refractivity contribution is 5.89. The van der Waals surface area contributed by atoms with E-state index in [0.717, 1.165) is 0 Å². The molecule has 0 amide bonds. The van der Waals surface area contributed by atoms with Crippen LogP contribution in [0.25, 0.3) is 0 Å². The molecule has 2 saturated carbocycles. The molecule has 2 bridgehead atoms. The zero-order chi connectivity index (χ0) is 16.8. The largest absolute Gasteiger partial charge is 0.481 e. The van der Waals surface area contributed by atoms with Gasteiger partial charge in [-0.15, -0.1) is 6.58 Å². The summed E-state index contributed by atoms with van der Waals surface area (Å²) in [6, 6.07) is 0. The number of fused-ring (bicyclic) bond motifs is 2. The van der Waals surface area contributed by atoms with Crippen LogP contribution in [0, 0.1) is 35.0 Å². The average Bonchev–Trinajstić information content (AvgIpc) is 2.87. The molecule has 120 valence electrons. The molecule has 2 aliphatic rings. The number of hydrogen-bond donors (Lipinski definition) is 4. The van der Waals surface area contributed by atoms with Crippen molar-refractivity contribution in [1.82, 2.24) is 0 Å². The van der Waals surface area contributed by atoms with Gasteiger partial charge in [0.1, 0.15) is 0 Å². The van der Waals surface area contributed by atoms with Gasteiger partial charge in [0.25, 0.3) is 0 Å². The fourth-order valence-corrected chi connectivity index (χ4v) is 4.63. The van der Waals surface area contributed by atoms with Gasteiger partial charge in [0, 0.05) is 5.41 Å². The predicted molar refractivity (Wildman–Crippen MR) is 69.9 cm³/mol. The molecule has 0 spiro atoms. The van der Waals surface area contributed by atoms with Crippen molar-refractivity contribution < 1.29 is 39.6 Å². The summed E-state index contributed by atoms with van der Waals surface area (Å²) < 4.78 is 0. The lowest BCUT2D eigenvalue weighted by Crippen LogP contribution is -2.52. The Bertz CT molecular complexity index is 525. The Morgan fingerprint density at radius 2 is 1.32 bits per heavy atom. The fraction of sp³-hybridized carbons (Fsp3) is 0.571. The lowest BCUT2D eigenvalue weighted by Gasteiger charge is -2.41. The number of allylic oxidation sites excluding steroid dienone is 1. The van der Waals surface area contributed by atoms with Gasteiger partial charge in [-0.05, 0) is 18.8 Å². The van der Waals surface area contributed by atoms with Gasteiger partial charge >= 0.3 is 23.9 Å². The van der Waals surface area contributed by atoms with E-state index in [1.165, 1.54) is 6.08 Å². The van der Waals surface area contributed by atoms with Crippen LogP contribution in [0.1, 0.15) is 12.8 Å². The van der Waals surface area contributed by atoms with Crippen LogP contribution in [0.2, 0.25) is 0 Å². The van der Waals surface area contributed by atoms with Gasteiger partial charge in [0.2, 0.25) is 0 Å². The first-order valence-electron chi connectivity index (χ1n) is 6.71. The summed E-state index contributed by atoms with van der Waals surface area (Å²) in [5.41, 5.74) is -1.43. The van der Waals surface area contributed by atoms with E-state index in [4.69, 9.17) is 0 Å². The van der Waals surface area contributed by atoms with Crippen LogP contribution in [0.5, 0.6) is 0 Å². The Morgan fingerprint density at radius 3 is 1.59 bits per heavy atom. The summed E-state index contributed by atoms with van der Waals surface area (Å²) in [4.78, 5) is 46.1. The number of rotatable bonds is 6. The van der Waals surface area contributed by atoms with Gasteiger partial charge in [0.05, 0.1) is 23.7 Å². The normalized spacial score (nSPS) is 39.4. The van der Waals surface area contributed by atoms with E-state index in [0.29, 0.717) is 0 Å². The zero-order valence-corrected chi connectivity index (χ0v) is 11.5. The zero-order valence-electron chi connectivity index (χ0n) is 11.5. The molecule has 4 atom stereocenters. The molecule has 22 heavy (non-hydrogen) atoms. The highest BCUT2D eigenvalue weighted by Crippen LogP contribution is 2.67. The SMILES string of the molecule is C=CCC12CC(C(C(=O)O)C1C(=O)O)C(C(=O)O)C2C(=O)O. The first-order valence-corrected chi connectivity index (χ1v) is 6.71. The van der Waals surface area contributed by atoms with Gasteiger partial charge in [-0.25, -0.2) is 0 Å². The van der Waals surface area contributed by atoms with Crippen LogP contribution >= 0.6 is 0 Å². The van der Waals surface area contributed by atoms with E-state index < -0.39 is 58.9 Å². The Kier molecular flexibility index (Phi) is 3.72. The van der Waals surface area contributed by atoms with E-state index in [1.807, 2.05) is 0 Å². The summed E-state index contributed by atoms with van der Waals surface area (Å²) in [5.74, 6) is -12.3. The van der Waals surface area contributed by atoms with E-state index in [-0.39, 0.29) is 12.8 Å². The minimum Gasteiger partial charge on any atom is -0.481 e. The number of carboxylic acids is 4. The van der Waals surface area contributed by atoms with Crippen LogP contribution in [-0.2, 0) is 19.2 Å². The van der Waals surface area contributed by atoms with Crippen molar-refractivity contribution in [2.45, 2.75) is 12.8 Å². The molecule has 8 heteroatoms. The summed E-state index contributed by atoms with van der Waals surface area (Å²) in [7, 11) is 0. The standard InChI is InChI=1S/C14H16O8/c1-2-3-14-4-5(6(10(15)16)8(14)12(19)20)7(11(17)18)9(14)13(21)22/h2,5-9H,1,3-4H2,(H,15,16)(H,17,18)(H,19,20)(H,21,22). The maximum atomic E-state index is 11.6. The van der Waals surface area contributed by atoms with Gasteiger partial charge in [0.15, 0.2) is 0 Å². The lowest BCUT2D eigenvalue weighted by atomic mass is 9.59. The van der Waals surface area contributed by atoms with Crippen LogP contribution < -0.4 is 0 Å². The topological polar surface area (TPSA) is 149 Å². The fourth-order valence-electron chi connectivity index (χ4n) is 4.63. The molecular formula is C14H16O8. The lowest BCUT2D eigenvalue weighted by molar-refractivity contribution is -0.175. The Labute approximate surface area is 125 Å². The monoisotopic (exact) mass is 312 g/mol. The molecule has 0 heterocycles. The van der Waals surface area contributed by atoms with Gasteiger partial charge in [-0.2, -0.15) is 0 Å². The minimum absolute atomic E-state index is 0.0506. The first-order chi connectivity index (χ1) is 10.2. The van der Waals surface area contributed by atoms with E-state index >= 15 is 0 Å². The molecule has 0 radical (unpaired) electrons. The van der Waals surface area contributed by atoms with E-state index in [9.17, 15) is 39.6 Å². The molecule has 2 aliphatic carbocycles. The summed E-state index contributed by atoms with van der Waals surface area (Å²) >= 11 is 0. The second kappa shape index (κ2) is 5.11. The molecule has 0 aliphatic heterocycles. The van der Waals surface area contributed by atoms with Crippen LogP contribution in [0.3, 0.4) is 0 Å². The third-order valence-corrected chi connectivity index (χ3v) is 5.12. The molecule has 4 unspecified atom stereocenters. The Balaban J connectivity index is 2.66. The number of carbonyl (C=O) groups is 4. The maximum absolute atomic E-state index is 11.6. The molecule has 0 aromatic heterocycles. The third kappa shape index (κ3) is 1.90. The van der Waals surface area contributed by atoms with Crippen molar-refractivity contribution in [3.8, 4) is 0 Å². The van der Waals surface area contributed by atoms with Crippen molar-refractivity contribution in [3.05, 3.63) is 12.7 Å². The van der Waals surface area contributed by atoms with Crippen molar-refractivity contribution >= 4 is 23.9 Å². The van der Waals surface area contributed by atoms with E-state index in [1.54, 1.807) is 0 Å². The quantitative estimate of drug-likeness (QED) is 0.514. The molecular weight excluding hydrogens is 296 g/mol. The predicted octanol–water partition coefficient (Wildman–Crippen LogP) is 0.386. The summed E-state index contributed by atoms with van der Waals surface area (Å²) in [5, 5.41) is 37.5. The molecule has 8 nitrogen and oxygen atoms in total. The van der Waals surface area contributed by atoms with Gasteiger partial charge < -0.3 is 20.4 Å². The third-order valence-electron chi connectivity index (χ3n) is 5.12. The second-order valence-electron chi connectivity index (χ2n) is 5.95. The van der Waals surface area contributed by atoms with Crippen molar-refractivity contribution in [1.29, 1.82) is 0 Å². The first kappa shape index (κ1) is 16.0. The van der Waals surface area contributed by atoms with Gasteiger partial charge in [-0.3, -0.25) is 19.2 Å². The molecule has 2 rings (SSSR count). The second-order valence-corrected chi connectivity index (χ2v) is 5.95. The number of hydrogen-bond acceptors (Lipinski definition) is 4. The number of aliphatic carboxylic acids is 4. The molecule has 0 aromatic rings. The van der Waals surface area contributed by atoms with Crippen LogP contribution in [0.4, 0.5) is 0 Å². The summed E-state index contributed by atoms with van der Waals surface area (Å²) in [6.07, 6.45) is 1.23. The highest BCUT2D eigenvalue weighted by Gasteiger charge is 2.73.